The Hall–Kier alpha value is -0.613. The molecule has 0 aliphatic heterocycles. The van der Waals surface area contributed by atoms with Gasteiger partial charge in [-0.1, -0.05) is 32.9 Å². The monoisotopic (exact) mass is 258 g/mol. The quantitative estimate of drug-likeness (QED) is 0.604. The summed E-state index contributed by atoms with van der Waals surface area (Å²) in [6.07, 6.45) is 3.51. The van der Waals surface area contributed by atoms with Crippen LogP contribution in [-0.4, -0.2) is 26.0 Å². The minimum absolute atomic E-state index is 0.184. The zero-order chi connectivity index (χ0) is 13.9. The maximum Gasteiger partial charge on any atom is 0.312 e. The molecule has 0 spiro atoms. The van der Waals surface area contributed by atoms with Crippen molar-refractivity contribution in [3.63, 3.8) is 0 Å². The van der Waals surface area contributed by atoms with Crippen LogP contribution in [0.25, 0.3) is 0 Å². The molecule has 0 fully saturated rings. The fourth-order valence-electron chi connectivity index (χ4n) is 0.887. The van der Waals surface area contributed by atoms with Gasteiger partial charge in [0.25, 0.3) is 0 Å². The molecule has 0 saturated heterocycles. The van der Waals surface area contributed by atoms with E-state index in [4.69, 9.17) is 9.53 Å². The van der Waals surface area contributed by atoms with Crippen LogP contribution in [-0.2, 0) is 9.22 Å². The van der Waals surface area contributed by atoms with Gasteiger partial charge in [-0.15, -0.1) is 0 Å². The zero-order valence-electron chi connectivity index (χ0n) is 12.1. The van der Waals surface area contributed by atoms with Gasteiger partial charge in [0.2, 0.25) is 0 Å². The average molecular weight is 258 g/mol. The van der Waals surface area contributed by atoms with Gasteiger partial charge in [-0.3, -0.25) is 4.79 Å². The minimum atomic E-state index is -1.73. The highest BCUT2D eigenvalue weighted by molar-refractivity contribution is 6.74. The van der Waals surface area contributed by atoms with E-state index in [0.717, 1.165) is 0 Å². The Balaban J connectivity index is 4.35. The van der Waals surface area contributed by atoms with Crippen molar-refractivity contribution in [3.8, 4) is 0 Å². The Kier molecular flexibility index (Phi) is 5.16. The third-order valence-electron chi connectivity index (χ3n) is 3.43. The van der Waals surface area contributed by atoms with Crippen LogP contribution >= 0.6 is 0 Å². The van der Waals surface area contributed by atoms with Crippen molar-refractivity contribution in [2.75, 3.05) is 6.61 Å². The number of carboxylic acid groups (broad SMARTS) is 1. The number of carbonyl (C=O) groups is 1. The highest BCUT2D eigenvalue weighted by Crippen LogP contribution is 2.36. The van der Waals surface area contributed by atoms with Gasteiger partial charge in [-0.2, -0.15) is 0 Å². The molecule has 0 saturated carbocycles. The van der Waals surface area contributed by atoms with E-state index >= 15 is 0 Å². The molecule has 3 nitrogen and oxygen atoms in total. The van der Waals surface area contributed by atoms with Crippen LogP contribution in [0.2, 0.25) is 18.1 Å². The summed E-state index contributed by atoms with van der Waals surface area (Å²) in [4.78, 5) is 10.9. The molecular formula is C13H26O3Si. The van der Waals surface area contributed by atoms with Crippen molar-refractivity contribution in [1.82, 2.24) is 0 Å². The lowest BCUT2D eigenvalue weighted by Crippen LogP contribution is -2.40. The molecule has 0 aromatic heterocycles. The van der Waals surface area contributed by atoms with E-state index in [-0.39, 0.29) is 5.04 Å². The maximum atomic E-state index is 10.9. The first-order chi connectivity index (χ1) is 7.40. The summed E-state index contributed by atoms with van der Waals surface area (Å²) in [5, 5.41) is 9.13. The first-order valence-corrected chi connectivity index (χ1v) is 8.86. The van der Waals surface area contributed by atoms with E-state index in [1.54, 1.807) is 19.9 Å². The van der Waals surface area contributed by atoms with Crippen LogP contribution < -0.4 is 0 Å². The predicted molar refractivity (Wildman–Crippen MR) is 73.7 cm³/mol. The highest BCUT2D eigenvalue weighted by Gasteiger charge is 2.36. The van der Waals surface area contributed by atoms with E-state index in [0.29, 0.717) is 6.61 Å². The molecule has 100 valence electrons. The van der Waals surface area contributed by atoms with Gasteiger partial charge in [-0.25, -0.2) is 0 Å². The largest absolute Gasteiger partial charge is 0.481 e. The number of rotatable bonds is 5. The molecule has 0 radical (unpaired) electrons. The fraction of sp³-hybridized carbons (Fsp3) is 0.769. The van der Waals surface area contributed by atoms with Gasteiger partial charge in [0.1, 0.15) is 0 Å². The van der Waals surface area contributed by atoms with Crippen LogP contribution in [0.5, 0.6) is 0 Å². The molecule has 17 heavy (non-hydrogen) atoms. The van der Waals surface area contributed by atoms with Crippen molar-refractivity contribution in [2.24, 2.45) is 5.41 Å². The van der Waals surface area contributed by atoms with Crippen LogP contribution in [0.4, 0.5) is 0 Å². The number of carboxylic acids is 1. The molecule has 0 aliphatic carbocycles. The van der Waals surface area contributed by atoms with Crippen LogP contribution in [0, 0.1) is 5.41 Å². The van der Waals surface area contributed by atoms with Crippen molar-refractivity contribution < 1.29 is 14.3 Å². The highest BCUT2D eigenvalue weighted by atomic mass is 28.4. The zero-order valence-corrected chi connectivity index (χ0v) is 13.1. The Labute approximate surface area is 106 Å². The summed E-state index contributed by atoms with van der Waals surface area (Å²) in [7, 11) is -1.73. The molecule has 0 aromatic rings. The van der Waals surface area contributed by atoms with Crippen LogP contribution in [0.1, 0.15) is 34.6 Å². The van der Waals surface area contributed by atoms with Gasteiger partial charge in [0.15, 0.2) is 8.32 Å². The topological polar surface area (TPSA) is 46.5 Å². The molecule has 0 aromatic carbocycles. The second-order valence-corrected chi connectivity index (χ2v) is 11.3. The molecule has 0 aliphatic rings. The van der Waals surface area contributed by atoms with Crippen molar-refractivity contribution in [3.05, 3.63) is 12.2 Å². The van der Waals surface area contributed by atoms with E-state index < -0.39 is 19.7 Å². The summed E-state index contributed by atoms with van der Waals surface area (Å²) >= 11 is 0. The molecular weight excluding hydrogens is 232 g/mol. The average Bonchev–Trinajstić information content (AvgIpc) is 2.10. The first kappa shape index (κ1) is 16.4. The normalized spacial score (nSPS) is 14.3. The lowest BCUT2D eigenvalue weighted by atomic mass is 9.93. The van der Waals surface area contributed by atoms with Crippen molar-refractivity contribution in [1.29, 1.82) is 0 Å². The summed E-state index contributed by atoms with van der Waals surface area (Å²) in [5.41, 5.74) is -0.823. The molecule has 0 atom stereocenters. The van der Waals surface area contributed by atoms with Gasteiger partial charge in [0.05, 0.1) is 12.0 Å². The standard InChI is InChI=1S/C13H26O3Si/c1-12(2,3)17(6,7)16-10-8-9-13(4,5)11(14)15/h8-9H,10H2,1-7H3,(H,14,15). The third-order valence-corrected chi connectivity index (χ3v) is 7.93. The van der Waals surface area contributed by atoms with E-state index in [9.17, 15) is 4.79 Å². The van der Waals surface area contributed by atoms with Crippen molar-refractivity contribution in [2.45, 2.75) is 52.8 Å². The molecule has 0 bridgehead atoms. The van der Waals surface area contributed by atoms with E-state index in [1.807, 2.05) is 6.08 Å². The van der Waals surface area contributed by atoms with Gasteiger partial charge >= 0.3 is 5.97 Å². The van der Waals surface area contributed by atoms with Gasteiger partial charge in [-0.05, 0) is 32.0 Å². The Bertz CT molecular complexity index is 298. The van der Waals surface area contributed by atoms with Crippen LogP contribution in [0.3, 0.4) is 0 Å². The summed E-state index contributed by atoms with van der Waals surface area (Å²) in [6, 6.07) is 0. The SMILES string of the molecule is CC(C)(C=CCO[Si](C)(C)C(C)(C)C)C(=O)O. The van der Waals surface area contributed by atoms with Crippen LogP contribution in [0.15, 0.2) is 12.2 Å². The second kappa shape index (κ2) is 5.36. The maximum absolute atomic E-state index is 10.9. The second-order valence-electron chi connectivity index (χ2n) is 6.50. The first-order valence-electron chi connectivity index (χ1n) is 5.95. The van der Waals surface area contributed by atoms with E-state index in [1.165, 1.54) is 0 Å². The van der Waals surface area contributed by atoms with E-state index in [2.05, 4.69) is 33.9 Å². The summed E-state index contributed by atoms with van der Waals surface area (Å²) < 4.78 is 5.93. The molecule has 0 rings (SSSR count). The van der Waals surface area contributed by atoms with Crippen molar-refractivity contribution >= 4 is 14.3 Å². The Morgan fingerprint density at radius 1 is 1.24 bits per heavy atom. The summed E-state index contributed by atoms with van der Waals surface area (Å²) in [6.45, 7) is 14.8. The van der Waals surface area contributed by atoms with Gasteiger partial charge < -0.3 is 9.53 Å². The molecule has 0 unspecified atom stereocenters. The third kappa shape index (κ3) is 5.04. The lowest BCUT2D eigenvalue weighted by molar-refractivity contribution is -0.144. The smallest absolute Gasteiger partial charge is 0.312 e. The Morgan fingerprint density at radius 2 is 1.71 bits per heavy atom. The minimum Gasteiger partial charge on any atom is -0.481 e. The fourth-order valence-corrected chi connectivity index (χ4v) is 1.83. The molecule has 1 N–H and O–H groups in total. The number of hydrogen-bond acceptors (Lipinski definition) is 2. The number of hydrogen-bond donors (Lipinski definition) is 1. The molecule has 0 heterocycles. The lowest BCUT2D eigenvalue weighted by Gasteiger charge is -2.35. The Morgan fingerprint density at radius 3 is 2.06 bits per heavy atom. The summed E-state index contributed by atoms with van der Waals surface area (Å²) in [5.74, 6) is -0.818. The molecule has 4 heteroatoms. The number of aliphatic carboxylic acids is 1. The predicted octanol–water partition coefficient (Wildman–Crippen LogP) is 3.68. The molecule has 0 amide bonds. The van der Waals surface area contributed by atoms with Gasteiger partial charge in [0, 0.05) is 0 Å².